The molecule has 0 unspecified atom stereocenters. The van der Waals surface area contributed by atoms with E-state index in [1.807, 2.05) is 0 Å². The molecule has 0 bridgehead atoms. The Bertz CT molecular complexity index is 382. The van der Waals surface area contributed by atoms with Gasteiger partial charge in [-0.15, -0.1) is 0 Å². The van der Waals surface area contributed by atoms with Gasteiger partial charge < -0.3 is 14.8 Å². The predicted molar refractivity (Wildman–Crippen MR) is 59.5 cm³/mol. The van der Waals surface area contributed by atoms with Crippen LogP contribution in [-0.2, 0) is 0 Å². The molecule has 1 aliphatic rings. The van der Waals surface area contributed by atoms with E-state index in [0.717, 1.165) is 25.7 Å². The standard InChI is InChI=1S/C11H14ClNO3/c12-9-4-3-8(16-9)10(15)13-11(7-14)5-1-2-6-11/h3-4,14H,1-2,5-7H2,(H,13,15). The Kier molecular flexibility index (Phi) is 3.21. The fourth-order valence-corrected chi connectivity index (χ4v) is 2.26. The first kappa shape index (κ1) is 11.5. The lowest BCUT2D eigenvalue weighted by Crippen LogP contribution is -2.49. The highest BCUT2D eigenvalue weighted by Gasteiger charge is 2.35. The van der Waals surface area contributed by atoms with Gasteiger partial charge in [-0.25, -0.2) is 0 Å². The molecule has 2 rings (SSSR count). The summed E-state index contributed by atoms with van der Waals surface area (Å²) in [5.41, 5.74) is -0.476. The van der Waals surface area contributed by atoms with E-state index >= 15 is 0 Å². The average Bonchev–Trinajstić information content (AvgIpc) is 2.88. The van der Waals surface area contributed by atoms with Crippen molar-refractivity contribution < 1.29 is 14.3 Å². The van der Waals surface area contributed by atoms with Gasteiger partial charge >= 0.3 is 0 Å². The molecule has 1 amide bonds. The van der Waals surface area contributed by atoms with Crippen molar-refractivity contribution in [3.05, 3.63) is 23.1 Å². The van der Waals surface area contributed by atoms with Gasteiger partial charge in [-0.1, -0.05) is 12.8 Å². The molecule has 0 aliphatic heterocycles. The van der Waals surface area contributed by atoms with Crippen LogP contribution in [0.4, 0.5) is 0 Å². The fourth-order valence-electron chi connectivity index (χ4n) is 2.11. The first-order chi connectivity index (χ1) is 7.65. The number of aliphatic hydroxyl groups excluding tert-OH is 1. The first-order valence-electron chi connectivity index (χ1n) is 5.34. The number of nitrogens with one attached hydrogen (secondary N) is 1. The number of carbonyl (C=O) groups is 1. The van der Waals surface area contributed by atoms with E-state index in [1.165, 1.54) is 12.1 Å². The Balaban J connectivity index is 2.06. The minimum Gasteiger partial charge on any atom is -0.440 e. The fraction of sp³-hybridized carbons (Fsp3) is 0.545. The zero-order valence-electron chi connectivity index (χ0n) is 8.83. The van der Waals surface area contributed by atoms with Gasteiger partial charge in [0.15, 0.2) is 11.0 Å². The summed E-state index contributed by atoms with van der Waals surface area (Å²) in [7, 11) is 0. The molecule has 4 nitrogen and oxygen atoms in total. The van der Waals surface area contributed by atoms with Gasteiger partial charge in [0.1, 0.15) is 0 Å². The van der Waals surface area contributed by atoms with Crippen molar-refractivity contribution in [2.75, 3.05) is 6.61 Å². The molecular weight excluding hydrogens is 230 g/mol. The average molecular weight is 244 g/mol. The third kappa shape index (κ3) is 2.23. The second-order valence-electron chi connectivity index (χ2n) is 4.20. The van der Waals surface area contributed by atoms with Crippen molar-refractivity contribution in [1.29, 1.82) is 0 Å². The Labute approximate surface area is 98.6 Å². The predicted octanol–water partition coefficient (Wildman–Crippen LogP) is 1.97. The van der Waals surface area contributed by atoms with Crippen LogP contribution in [-0.4, -0.2) is 23.2 Å². The monoisotopic (exact) mass is 243 g/mol. The van der Waals surface area contributed by atoms with Crippen molar-refractivity contribution >= 4 is 17.5 Å². The van der Waals surface area contributed by atoms with Crippen LogP contribution in [0.2, 0.25) is 5.22 Å². The molecule has 0 aromatic carbocycles. The van der Waals surface area contributed by atoms with Gasteiger partial charge in [0.25, 0.3) is 5.91 Å². The maximum Gasteiger partial charge on any atom is 0.287 e. The van der Waals surface area contributed by atoms with Crippen LogP contribution in [0.3, 0.4) is 0 Å². The van der Waals surface area contributed by atoms with E-state index in [0.29, 0.717) is 0 Å². The van der Waals surface area contributed by atoms with Crippen LogP contribution in [0.15, 0.2) is 16.5 Å². The van der Waals surface area contributed by atoms with Crippen LogP contribution in [0, 0.1) is 0 Å². The quantitative estimate of drug-likeness (QED) is 0.853. The molecule has 0 atom stereocenters. The Morgan fingerprint density at radius 2 is 2.19 bits per heavy atom. The van der Waals surface area contributed by atoms with Gasteiger partial charge in [0.05, 0.1) is 12.1 Å². The van der Waals surface area contributed by atoms with Gasteiger partial charge in [-0.05, 0) is 36.6 Å². The lowest BCUT2D eigenvalue weighted by Gasteiger charge is -2.27. The van der Waals surface area contributed by atoms with E-state index in [2.05, 4.69) is 5.32 Å². The summed E-state index contributed by atoms with van der Waals surface area (Å²) in [4.78, 5) is 11.8. The highest BCUT2D eigenvalue weighted by Crippen LogP contribution is 2.29. The Hall–Kier alpha value is -1.00. The van der Waals surface area contributed by atoms with E-state index in [1.54, 1.807) is 0 Å². The smallest absolute Gasteiger partial charge is 0.287 e. The minimum absolute atomic E-state index is 0.0345. The summed E-state index contributed by atoms with van der Waals surface area (Å²) >= 11 is 5.59. The minimum atomic E-state index is -0.476. The molecule has 0 saturated heterocycles. The van der Waals surface area contributed by atoms with Crippen LogP contribution in [0.1, 0.15) is 36.2 Å². The van der Waals surface area contributed by atoms with Crippen molar-refractivity contribution in [1.82, 2.24) is 5.32 Å². The van der Waals surface area contributed by atoms with Crippen molar-refractivity contribution in [3.63, 3.8) is 0 Å². The number of furan rings is 1. The Morgan fingerprint density at radius 3 is 2.69 bits per heavy atom. The molecular formula is C11H14ClNO3. The van der Waals surface area contributed by atoms with Crippen molar-refractivity contribution in [2.45, 2.75) is 31.2 Å². The number of aliphatic hydroxyl groups is 1. The number of carbonyl (C=O) groups excluding carboxylic acids is 1. The summed E-state index contributed by atoms with van der Waals surface area (Å²) in [6.45, 7) is -0.0345. The van der Waals surface area contributed by atoms with Gasteiger partial charge in [0.2, 0.25) is 0 Å². The summed E-state index contributed by atoms with van der Waals surface area (Å²) < 4.78 is 5.02. The van der Waals surface area contributed by atoms with E-state index < -0.39 is 5.54 Å². The van der Waals surface area contributed by atoms with E-state index in [4.69, 9.17) is 16.0 Å². The number of halogens is 1. The Morgan fingerprint density at radius 1 is 1.50 bits per heavy atom. The summed E-state index contributed by atoms with van der Waals surface area (Å²) in [5.74, 6) is -0.132. The largest absolute Gasteiger partial charge is 0.440 e. The maximum absolute atomic E-state index is 11.8. The molecule has 88 valence electrons. The summed E-state index contributed by atoms with van der Waals surface area (Å²) in [6.07, 6.45) is 3.67. The molecule has 5 heteroatoms. The zero-order valence-corrected chi connectivity index (χ0v) is 9.59. The number of hydrogen-bond donors (Lipinski definition) is 2. The highest BCUT2D eigenvalue weighted by molar-refractivity contribution is 6.29. The molecule has 1 aliphatic carbocycles. The van der Waals surface area contributed by atoms with Gasteiger partial charge in [-0.2, -0.15) is 0 Å². The molecule has 1 aromatic rings. The van der Waals surface area contributed by atoms with E-state index in [-0.39, 0.29) is 23.5 Å². The van der Waals surface area contributed by atoms with Crippen LogP contribution in [0.25, 0.3) is 0 Å². The van der Waals surface area contributed by atoms with Crippen molar-refractivity contribution in [3.8, 4) is 0 Å². The molecule has 0 radical (unpaired) electrons. The maximum atomic E-state index is 11.8. The third-order valence-electron chi connectivity index (χ3n) is 3.04. The number of hydrogen-bond acceptors (Lipinski definition) is 3. The van der Waals surface area contributed by atoms with Crippen LogP contribution >= 0.6 is 11.6 Å². The second-order valence-corrected chi connectivity index (χ2v) is 4.58. The highest BCUT2D eigenvalue weighted by atomic mass is 35.5. The zero-order chi connectivity index (χ0) is 11.6. The summed E-state index contributed by atoms with van der Waals surface area (Å²) in [5, 5.41) is 12.4. The third-order valence-corrected chi connectivity index (χ3v) is 3.24. The molecule has 1 heterocycles. The molecule has 16 heavy (non-hydrogen) atoms. The van der Waals surface area contributed by atoms with Crippen molar-refractivity contribution in [2.24, 2.45) is 0 Å². The summed E-state index contributed by atoms with van der Waals surface area (Å²) in [6, 6.07) is 3.05. The lowest BCUT2D eigenvalue weighted by atomic mass is 9.99. The molecule has 2 N–H and O–H groups in total. The van der Waals surface area contributed by atoms with E-state index in [9.17, 15) is 9.90 Å². The van der Waals surface area contributed by atoms with Crippen LogP contribution in [0.5, 0.6) is 0 Å². The normalized spacial score (nSPS) is 18.6. The SMILES string of the molecule is O=C(NC1(CO)CCCC1)c1ccc(Cl)o1. The van der Waals surface area contributed by atoms with Crippen LogP contribution < -0.4 is 5.32 Å². The van der Waals surface area contributed by atoms with Gasteiger partial charge in [0, 0.05) is 0 Å². The molecule has 1 fully saturated rings. The number of rotatable bonds is 3. The molecule has 1 aromatic heterocycles. The topological polar surface area (TPSA) is 62.5 Å². The number of amides is 1. The molecule has 1 saturated carbocycles. The lowest BCUT2D eigenvalue weighted by molar-refractivity contribution is 0.0811. The molecule has 0 spiro atoms. The first-order valence-corrected chi connectivity index (χ1v) is 5.72. The van der Waals surface area contributed by atoms with Gasteiger partial charge in [-0.3, -0.25) is 4.79 Å². The second kappa shape index (κ2) is 4.47.